The van der Waals surface area contributed by atoms with E-state index in [-0.39, 0.29) is 5.41 Å². The molecule has 2 saturated carbocycles. The van der Waals surface area contributed by atoms with Gasteiger partial charge in [0, 0.05) is 10.8 Å². The molecule has 0 saturated heterocycles. The Morgan fingerprint density at radius 2 is 2.09 bits per heavy atom. The van der Waals surface area contributed by atoms with Crippen LogP contribution < -0.4 is 0 Å². The van der Waals surface area contributed by atoms with Crippen LogP contribution in [0.4, 0.5) is 0 Å². The lowest BCUT2D eigenvalue weighted by Gasteiger charge is -2.49. The van der Waals surface area contributed by atoms with Gasteiger partial charge in [-0.05, 0) is 31.8 Å². The van der Waals surface area contributed by atoms with Gasteiger partial charge in [0.25, 0.3) is 0 Å². The molecule has 0 aromatic heterocycles. The third-order valence-electron chi connectivity index (χ3n) is 4.20. The molecule has 0 radical (unpaired) electrons. The molecule has 3 aliphatic carbocycles. The molecule has 1 heteroatoms. The monoisotopic (exact) mass is 148 g/mol. The fourth-order valence-electron chi connectivity index (χ4n) is 3.40. The Morgan fingerprint density at radius 3 is 2.73 bits per heavy atom. The minimum atomic E-state index is 0.132. The average Bonchev–Trinajstić information content (AvgIpc) is 2.27. The van der Waals surface area contributed by atoms with Crippen molar-refractivity contribution in [2.45, 2.75) is 32.1 Å². The number of hydrogen-bond donors (Lipinski definition) is 0. The molecular formula is C10H12O. The Labute approximate surface area is 66.5 Å². The van der Waals surface area contributed by atoms with Crippen LogP contribution in [0.2, 0.25) is 0 Å². The molecule has 0 aliphatic heterocycles. The lowest BCUT2D eigenvalue weighted by molar-refractivity contribution is -0.134. The summed E-state index contributed by atoms with van der Waals surface area (Å²) in [7, 11) is 0. The van der Waals surface area contributed by atoms with Crippen molar-refractivity contribution in [2.24, 2.45) is 10.8 Å². The van der Waals surface area contributed by atoms with Gasteiger partial charge < -0.3 is 0 Å². The SMILES string of the molecule is O=C1C=CC23CCCC12CC3. The number of ketones is 1. The van der Waals surface area contributed by atoms with Gasteiger partial charge in [-0.3, -0.25) is 4.79 Å². The first kappa shape index (κ1) is 5.99. The van der Waals surface area contributed by atoms with Gasteiger partial charge in [-0.1, -0.05) is 12.5 Å². The van der Waals surface area contributed by atoms with Crippen molar-refractivity contribution in [3.8, 4) is 0 Å². The van der Waals surface area contributed by atoms with Crippen LogP contribution in [0.25, 0.3) is 0 Å². The Bertz CT molecular complexity index is 266. The van der Waals surface area contributed by atoms with Gasteiger partial charge in [-0.25, -0.2) is 0 Å². The van der Waals surface area contributed by atoms with Gasteiger partial charge in [0.05, 0.1) is 0 Å². The fraction of sp³-hybridized carbons (Fsp3) is 0.700. The zero-order valence-electron chi connectivity index (χ0n) is 6.60. The summed E-state index contributed by atoms with van der Waals surface area (Å²) in [5.74, 6) is 0.432. The molecule has 0 bridgehead atoms. The maximum Gasteiger partial charge on any atom is 0.162 e. The van der Waals surface area contributed by atoms with Crippen molar-refractivity contribution in [3.05, 3.63) is 12.2 Å². The summed E-state index contributed by atoms with van der Waals surface area (Å²) in [4.78, 5) is 11.5. The highest BCUT2D eigenvalue weighted by atomic mass is 16.1. The summed E-state index contributed by atoms with van der Waals surface area (Å²) in [6.07, 6.45) is 10.2. The van der Waals surface area contributed by atoms with Crippen LogP contribution in [0, 0.1) is 10.8 Å². The smallest absolute Gasteiger partial charge is 0.162 e. The third kappa shape index (κ3) is 0.412. The predicted octanol–water partition coefficient (Wildman–Crippen LogP) is 2.08. The van der Waals surface area contributed by atoms with Crippen LogP contribution in [-0.2, 0) is 4.79 Å². The molecule has 0 aromatic carbocycles. The van der Waals surface area contributed by atoms with E-state index in [1.165, 1.54) is 32.1 Å². The van der Waals surface area contributed by atoms with E-state index in [0.717, 1.165) is 0 Å². The molecule has 1 nitrogen and oxygen atoms in total. The highest BCUT2D eigenvalue weighted by Gasteiger charge is 2.65. The van der Waals surface area contributed by atoms with Crippen molar-refractivity contribution in [1.29, 1.82) is 0 Å². The van der Waals surface area contributed by atoms with E-state index < -0.39 is 0 Å². The minimum absolute atomic E-state index is 0.132. The van der Waals surface area contributed by atoms with Crippen LogP contribution in [0.1, 0.15) is 32.1 Å². The molecule has 2 fully saturated rings. The highest BCUT2D eigenvalue weighted by Crippen LogP contribution is 2.70. The molecule has 2 atom stereocenters. The standard InChI is InChI=1S/C10H12O/c11-8-2-5-9-3-1-4-10(8,9)7-6-9/h2,5H,1,3-4,6-7H2. The molecule has 0 heterocycles. The van der Waals surface area contributed by atoms with Crippen molar-refractivity contribution in [3.63, 3.8) is 0 Å². The molecule has 0 N–H and O–H groups in total. The zero-order chi connectivity index (χ0) is 7.53. The van der Waals surface area contributed by atoms with Crippen LogP contribution in [0.5, 0.6) is 0 Å². The lowest BCUT2D eigenvalue weighted by atomic mass is 9.52. The van der Waals surface area contributed by atoms with Crippen LogP contribution in [0.15, 0.2) is 12.2 Å². The van der Waals surface area contributed by atoms with Crippen molar-refractivity contribution < 1.29 is 4.79 Å². The first-order valence-electron chi connectivity index (χ1n) is 4.53. The Hall–Kier alpha value is -0.590. The van der Waals surface area contributed by atoms with Crippen molar-refractivity contribution >= 4 is 5.78 Å². The predicted molar refractivity (Wildman–Crippen MR) is 42.1 cm³/mol. The summed E-state index contributed by atoms with van der Waals surface area (Å²) in [6.45, 7) is 0. The largest absolute Gasteiger partial charge is 0.294 e. The quantitative estimate of drug-likeness (QED) is 0.514. The molecule has 2 unspecified atom stereocenters. The van der Waals surface area contributed by atoms with Gasteiger partial charge in [0.15, 0.2) is 5.78 Å². The first-order valence-corrected chi connectivity index (χ1v) is 4.53. The molecule has 58 valence electrons. The van der Waals surface area contributed by atoms with E-state index in [4.69, 9.17) is 0 Å². The Balaban J connectivity index is 2.17. The molecule has 3 rings (SSSR count). The molecule has 0 aromatic rings. The summed E-state index contributed by atoms with van der Waals surface area (Å²) < 4.78 is 0. The van der Waals surface area contributed by atoms with Crippen LogP contribution in [0.3, 0.4) is 0 Å². The maximum atomic E-state index is 11.5. The molecule has 3 aliphatic rings. The molecule has 11 heavy (non-hydrogen) atoms. The second kappa shape index (κ2) is 1.45. The molecule has 0 spiro atoms. The number of allylic oxidation sites excluding steroid dienone is 2. The van der Waals surface area contributed by atoms with Gasteiger partial charge in [-0.15, -0.1) is 0 Å². The average molecular weight is 148 g/mol. The van der Waals surface area contributed by atoms with E-state index in [1.54, 1.807) is 0 Å². The normalized spacial score (nSPS) is 52.2. The van der Waals surface area contributed by atoms with E-state index in [9.17, 15) is 4.79 Å². The van der Waals surface area contributed by atoms with Gasteiger partial charge in [-0.2, -0.15) is 0 Å². The fourth-order valence-corrected chi connectivity index (χ4v) is 3.40. The highest BCUT2D eigenvalue weighted by molar-refractivity contribution is 6.00. The van der Waals surface area contributed by atoms with E-state index in [1.807, 2.05) is 6.08 Å². The minimum Gasteiger partial charge on any atom is -0.294 e. The molecule has 0 amide bonds. The van der Waals surface area contributed by atoms with Crippen molar-refractivity contribution in [1.82, 2.24) is 0 Å². The van der Waals surface area contributed by atoms with Crippen LogP contribution >= 0.6 is 0 Å². The summed E-state index contributed by atoms with van der Waals surface area (Å²) >= 11 is 0. The summed E-state index contributed by atoms with van der Waals surface area (Å²) in [5, 5.41) is 0. The Morgan fingerprint density at radius 1 is 1.18 bits per heavy atom. The van der Waals surface area contributed by atoms with Crippen LogP contribution in [-0.4, -0.2) is 5.78 Å². The topological polar surface area (TPSA) is 17.1 Å². The Kier molecular flexibility index (Phi) is 0.790. The second-order valence-corrected chi connectivity index (χ2v) is 4.29. The van der Waals surface area contributed by atoms with E-state index in [0.29, 0.717) is 11.2 Å². The number of carbonyl (C=O) groups excluding carboxylic acids is 1. The van der Waals surface area contributed by atoms with Gasteiger partial charge in [0.2, 0.25) is 0 Å². The number of rotatable bonds is 0. The van der Waals surface area contributed by atoms with Gasteiger partial charge in [0.1, 0.15) is 0 Å². The lowest BCUT2D eigenvalue weighted by Crippen LogP contribution is -2.47. The first-order chi connectivity index (χ1) is 5.29. The number of hydrogen-bond acceptors (Lipinski definition) is 1. The van der Waals surface area contributed by atoms with Gasteiger partial charge >= 0.3 is 0 Å². The van der Waals surface area contributed by atoms with E-state index >= 15 is 0 Å². The maximum absolute atomic E-state index is 11.5. The zero-order valence-corrected chi connectivity index (χ0v) is 6.60. The van der Waals surface area contributed by atoms with E-state index in [2.05, 4.69) is 6.08 Å². The second-order valence-electron chi connectivity index (χ2n) is 4.29. The summed E-state index contributed by atoms with van der Waals surface area (Å²) in [5.41, 5.74) is 0.497. The summed E-state index contributed by atoms with van der Waals surface area (Å²) in [6, 6.07) is 0. The molecular weight excluding hydrogens is 136 g/mol. The number of carbonyl (C=O) groups is 1. The van der Waals surface area contributed by atoms with Crippen molar-refractivity contribution in [2.75, 3.05) is 0 Å². The third-order valence-corrected chi connectivity index (χ3v) is 4.20.